The summed E-state index contributed by atoms with van der Waals surface area (Å²) in [5, 5.41) is 3.70. The number of halogens is 1. The van der Waals surface area contributed by atoms with Crippen molar-refractivity contribution in [3.05, 3.63) is 53.1 Å². The van der Waals surface area contributed by atoms with Gasteiger partial charge in [0.2, 0.25) is 0 Å². The summed E-state index contributed by atoms with van der Waals surface area (Å²) in [6.45, 7) is 4.02. The molecule has 1 atom stereocenters. The lowest BCUT2D eigenvalue weighted by Crippen LogP contribution is -2.34. The van der Waals surface area contributed by atoms with Gasteiger partial charge in [0.15, 0.2) is 11.3 Å². The minimum atomic E-state index is -0.169. The van der Waals surface area contributed by atoms with Crippen molar-refractivity contribution in [2.75, 3.05) is 0 Å². The maximum Gasteiger partial charge on any atom is 0.274 e. The second kappa shape index (κ2) is 6.15. The Labute approximate surface area is 151 Å². The fraction of sp³-hybridized carbons (Fsp3) is 0.316. The summed E-state index contributed by atoms with van der Waals surface area (Å²) in [6, 6.07) is 9.67. The Morgan fingerprint density at radius 3 is 2.88 bits per heavy atom. The molecular weight excluding hydrogens is 336 g/mol. The Hall–Kier alpha value is -2.40. The van der Waals surface area contributed by atoms with E-state index in [9.17, 15) is 4.79 Å². The van der Waals surface area contributed by atoms with Crippen LogP contribution in [0.3, 0.4) is 0 Å². The van der Waals surface area contributed by atoms with E-state index in [0.717, 1.165) is 17.0 Å². The van der Waals surface area contributed by atoms with Crippen molar-refractivity contribution >= 4 is 23.2 Å². The number of benzene rings is 1. The normalized spacial score (nSPS) is 15.3. The molecule has 4 rings (SSSR count). The van der Waals surface area contributed by atoms with Crippen molar-refractivity contribution in [1.82, 2.24) is 19.7 Å². The number of hydrogen-bond donors (Lipinski definition) is 1. The molecule has 0 bridgehead atoms. The topological polar surface area (TPSA) is 59.3 Å². The Bertz CT molecular complexity index is 961. The third-order valence-corrected chi connectivity index (χ3v) is 4.95. The van der Waals surface area contributed by atoms with Gasteiger partial charge < -0.3 is 5.32 Å². The van der Waals surface area contributed by atoms with Crippen LogP contribution in [0, 0.1) is 12.8 Å². The average Bonchev–Trinajstić information content (AvgIpc) is 3.34. The zero-order valence-electron chi connectivity index (χ0n) is 14.2. The summed E-state index contributed by atoms with van der Waals surface area (Å²) in [6.07, 6.45) is 4.01. The number of carbonyl (C=O) groups is 1. The number of aryl methyl sites for hydroxylation is 1. The van der Waals surface area contributed by atoms with Crippen LogP contribution in [0.15, 0.2) is 36.7 Å². The molecule has 1 aliphatic rings. The number of hydrogen-bond acceptors (Lipinski definition) is 3. The van der Waals surface area contributed by atoms with Gasteiger partial charge in [0, 0.05) is 22.3 Å². The van der Waals surface area contributed by atoms with Crippen molar-refractivity contribution in [3.63, 3.8) is 0 Å². The fourth-order valence-corrected chi connectivity index (χ4v) is 3.26. The van der Waals surface area contributed by atoms with Gasteiger partial charge in [-0.3, -0.25) is 9.20 Å². The summed E-state index contributed by atoms with van der Waals surface area (Å²) < 4.78 is 1.84. The van der Waals surface area contributed by atoms with Gasteiger partial charge in [-0.2, -0.15) is 0 Å². The summed E-state index contributed by atoms with van der Waals surface area (Å²) in [5.74, 6) is 0.423. The minimum absolute atomic E-state index is 0.168. The van der Waals surface area contributed by atoms with Crippen LogP contribution in [0.25, 0.3) is 16.9 Å². The number of amides is 1. The molecule has 128 valence electrons. The predicted molar refractivity (Wildman–Crippen MR) is 97.8 cm³/mol. The molecule has 1 aromatic carbocycles. The number of imidazole rings is 1. The van der Waals surface area contributed by atoms with Crippen LogP contribution in [-0.4, -0.2) is 26.3 Å². The Balaban J connectivity index is 1.74. The van der Waals surface area contributed by atoms with Gasteiger partial charge in [-0.25, -0.2) is 9.97 Å². The van der Waals surface area contributed by atoms with Crippen molar-refractivity contribution in [2.45, 2.75) is 32.7 Å². The molecule has 0 radical (unpaired) electrons. The first-order valence-electron chi connectivity index (χ1n) is 8.44. The van der Waals surface area contributed by atoms with Gasteiger partial charge >= 0.3 is 0 Å². The molecule has 1 saturated carbocycles. The van der Waals surface area contributed by atoms with E-state index >= 15 is 0 Å². The molecule has 0 aliphatic heterocycles. The van der Waals surface area contributed by atoms with E-state index in [1.807, 2.05) is 48.6 Å². The Morgan fingerprint density at radius 2 is 2.16 bits per heavy atom. The monoisotopic (exact) mass is 354 g/mol. The maximum absolute atomic E-state index is 12.6. The van der Waals surface area contributed by atoms with Crippen LogP contribution in [0.5, 0.6) is 0 Å². The zero-order valence-corrected chi connectivity index (χ0v) is 14.9. The molecule has 2 heterocycles. The van der Waals surface area contributed by atoms with Crippen molar-refractivity contribution < 1.29 is 4.79 Å². The van der Waals surface area contributed by atoms with Gasteiger partial charge in [0.25, 0.3) is 5.91 Å². The van der Waals surface area contributed by atoms with Crippen LogP contribution in [-0.2, 0) is 0 Å². The lowest BCUT2D eigenvalue weighted by atomic mass is 10.1. The molecule has 0 saturated heterocycles. The van der Waals surface area contributed by atoms with Gasteiger partial charge in [-0.05, 0) is 50.8 Å². The maximum atomic E-state index is 12.6. The first-order chi connectivity index (χ1) is 12.0. The van der Waals surface area contributed by atoms with Crippen molar-refractivity contribution in [2.24, 2.45) is 5.92 Å². The Morgan fingerprint density at radius 1 is 1.36 bits per heavy atom. The lowest BCUT2D eigenvalue weighted by molar-refractivity contribution is 0.0933. The zero-order chi connectivity index (χ0) is 17.6. The van der Waals surface area contributed by atoms with E-state index in [-0.39, 0.29) is 11.9 Å². The van der Waals surface area contributed by atoms with Crippen molar-refractivity contribution in [1.29, 1.82) is 0 Å². The summed E-state index contributed by atoms with van der Waals surface area (Å²) in [7, 11) is 0. The molecule has 3 aromatic rings. The molecule has 1 unspecified atom stereocenters. The van der Waals surface area contributed by atoms with E-state index in [1.54, 1.807) is 6.33 Å². The van der Waals surface area contributed by atoms with Gasteiger partial charge in [0.05, 0.1) is 5.69 Å². The minimum Gasteiger partial charge on any atom is -0.348 e. The molecule has 1 fully saturated rings. The molecule has 1 aliphatic carbocycles. The van der Waals surface area contributed by atoms with Crippen LogP contribution in [0.4, 0.5) is 0 Å². The number of aromatic nitrogens is 3. The lowest BCUT2D eigenvalue weighted by Gasteiger charge is -2.12. The van der Waals surface area contributed by atoms with E-state index in [2.05, 4.69) is 15.3 Å². The van der Waals surface area contributed by atoms with E-state index < -0.39 is 0 Å². The predicted octanol–water partition coefficient (Wildman–Crippen LogP) is 3.89. The van der Waals surface area contributed by atoms with E-state index in [0.29, 0.717) is 22.3 Å². The number of nitrogens with zero attached hydrogens (tertiary/aromatic N) is 3. The summed E-state index contributed by atoms with van der Waals surface area (Å²) >= 11 is 6.10. The largest absolute Gasteiger partial charge is 0.348 e. The molecule has 1 N–H and O–H groups in total. The second-order valence-corrected chi connectivity index (χ2v) is 7.12. The Kier molecular flexibility index (Phi) is 3.96. The number of fused-ring (bicyclic) bond motifs is 1. The van der Waals surface area contributed by atoms with E-state index in [1.165, 1.54) is 12.8 Å². The van der Waals surface area contributed by atoms with Crippen LogP contribution in [0.1, 0.15) is 35.9 Å². The van der Waals surface area contributed by atoms with Crippen LogP contribution < -0.4 is 5.32 Å². The molecule has 6 heteroatoms. The highest BCUT2D eigenvalue weighted by Crippen LogP contribution is 2.32. The first-order valence-corrected chi connectivity index (χ1v) is 8.82. The van der Waals surface area contributed by atoms with Crippen LogP contribution in [0.2, 0.25) is 5.02 Å². The highest BCUT2D eigenvalue weighted by atomic mass is 35.5. The molecular formula is C19H19ClN4O. The number of carbonyl (C=O) groups excluding carboxylic acids is 1. The third-order valence-electron chi connectivity index (χ3n) is 4.72. The third kappa shape index (κ3) is 3.12. The van der Waals surface area contributed by atoms with Gasteiger partial charge in [-0.15, -0.1) is 0 Å². The standard InChI is InChI=1S/C19H19ClN4O/c1-11-8-16(14-4-3-5-15(20)9-14)23-18-17(21-10-24(11)18)19(25)22-12(2)13-6-7-13/h3-5,8-10,12-13H,6-7H2,1-2H3,(H,22,25). The van der Waals surface area contributed by atoms with Crippen LogP contribution >= 0.6 is 11.6 Å². The second-order valence-electron chi connectivity index (χ2n) is 6.68. The summed E-state index contributed by atoms with van der Waals surface area (Å²) in [5.41, 5.74) is 3.58. The van der Waals surface area contributed by atoms with E-state index in [4.69, 9.17) is 11.6 Å². The summed E-state index contributed by atoms with van der Waals surface area (Å²) in [4.78, 5) is 21.6. The highest BCUT2D eigenvalue weighted by molar-refractivity contribution is 6.30. The van der Waals surface area contributed by atoms with Gasteiger partial charge in [-0.1, -0.05) is 23.7 Å². The molecule has 5 nitrogen and oxygen atoms in total. The molecule has 2 aromatic heterocycles. The van der Waals surface area contributed by atoms with Crippen molar-refractivity contribution in [3.8, 4) is 11.3 Å². The quantitative estimate of drug-likeness (QED) is 0.773. The number of nitrogens with one attached hydrogen (secondary N) is 1. The average molecular weight is 355 g/mol. The molecule has 1 amide bonds. The SMILES string of the molecule is Cc1cc(-c2cccc(Cl)c2)nc2c(C(=O)NC(C)C3CC3)ncn12. The van der Waals surface area contributed by atoms with Gasteiger partial charge in [0.1, 0.15) is 6.33 Å². The molecule has 25 heavy (non-hydrogen) atoms. The first kappa shape index (κ1) is 16.1. The number of rotatable bonds is 4. The highest BCUT2D eigenvalue weighted by Gasteiger charge is 2.30. The fourth-order valence-electron chi connectivity index (χ4n) is 3.07. The smallest absolute Gasteiger partial charge is 0.274 e. The molecule has 0 spiro atoms.